The van der Waals surface area contributed by atoms with Crippen LogP contribution in [0.5, 0.6) is 0 Å². The number of nitrogens with zero attached hydrogens (tertiary/aromatic N) is 2. The fraction of sp³-hybridized carbons (Fsp3) is 0.263. The molecule has 1 aliphatic rings. The fourth-order valence-electron chi connectivity index (χ4n) is 2.97. The molecule has 1 fully saturated rings. The zero-order chi connectivity index (χ0) is 19.4. The van der Waals surface area contributed by atoms with E-state index in [1.54, 1.807) is 29.2 Å². The van der Waals surface area contributed by atoms with Crippen LogP contribution in [0.25, 0.3) is 0 Å². The molecular weight excluding hydrogens is 386 g/mol. The molecule has 27 heavy (non-hydrogen) atoms. The van der Waals surface area contributed by atoms with Gasteiger partial charge in [-0.15, -0.1) is 0 Å². The van der Waals surface area contributed by atoms with Crippen molar-refractivity contribution >= 4 is 27.5 Å². The number of carbonyl (C=O) groups excluding carboxylic acids is 1. The minimum atomic E-state index is -3.62. The second kappa shape index (κ2) is 8.09. The normalized spacial score (nSPS) is 15.3. The molecule has 0 spiro atoms. The Morgan fingerprint density at radius 3 is 2.22 bits per heavy atom. The van der Waals surface area contributed by atoms with Gasteiger partial charge < -0.3 is 4.90 Å². The molecule has 0 unspecified atom stereocenters. The van der Waals surface area contributed by atoms with Crippen molar-refractivity contribution in [3.63, 3.8) is 0 Å². The molecule has 1 N–H and O–H groups in total. The molecule has 8 heteroatoms. The summed E-state index contributed by atoms with van der Waals surface area (Å²) in [7, 11) is -3.62. The lowest BCUT2D eigenvalue weighted by molar-refractivity contribution is 0.0711. The first kappa shape index (κ1) is 19.4. The number of rotatable bonds is 4. The summed E-state index contributed by atoms with van der Waals surface area (Å²) in [5.41, 5.74) is 1.02. The van der Waals surface area contributed by atoms with E-state index in [2.05, 4.69) is 4.72 Å². The summed E-state index contributed by atoms with van der Waals surface area (Å²) in [4.78, 5) is 14.4. The molecule has 2 aromatic rings. The average molecular weight is 404 g/mol. The van der Waals surface area contributed by atoms with Gasteiger partial charge in [0.1, 0.15) is 0 Å². The summed E-state index contributed by atoms with van der Waals surface area (Å²) in [5.74, 6) is -0.113. The standard InChI is InChI=1S/C19H18ClN3O3S/c20-16-5-7-18(8-6-16)27(25,26)22-17-9-11-23(12-10-17)19(24)15-3-1-14(13-21)2-4-15/h1-8,17,22H,9-12H2. The summed E-state index contributed by atoms with van der Waals surface area (Å²) in [6, 6.07) is 14.3. The van der Waals surface area contributed by atoms with E-state index in [9.17, 15) is 13.2 Å². The molecule has 0 atom stereocenters. The van der Waals surface area contributed by atoms with Crippen molar-refractivity contribution in [3.05, 3.63) is 64.7 Å². The van der Waals surface area contributed by atoms with Crippen LogP contribution >= 0.6 is 11.6 Å². The average Bonchev–Trinajstić information content (AvgIpc) is 2.68. The zero-order valence-corrected chi connectivity index (χ0v) is 16.0. The van der Waals surface area contributed by atoms with Crippen molar-refractivity contribution < 1.29 is 13.2 Å². The molecule has 0 aromatic heterocycles. The Hall–Kier alpha value is -2.40. The van der Waals surface area contributed by atoms with Gasteiger partial charge in [-0.2, -0.15) is 5.26 Å². The Morgan fingerprint density at radius 1 is 1.07 bits per heavy atom. The number of amides is 1. The monoisotopic (exact) mass is 403 g/mol. The van der Waals surface area contributed by atoms with Crippen molar-refractivity contribution in [1.82, 2.24) is 9.62 Å². The van der Waals surface area contributed by atoms with Crippen LogP contribution in [-0.4, -0.2) is 38.4 Å². The highest BCUT2D eigenvalue weighted by Gasteiger charge is 2.27. The summed E-state index contributed by atoms with van der Waals surface area (Å²) >= 11 is 5.80. The largest absolute Gasteiger partial charge is 0.339 e. The summed E-state index contributed by atoms with van der Waals surface area (Å²) in [5, 5.41) is 9.30. The van der Waals surface area contributed by atoms with Crippen molar-refractivity contribution in [2.24, 2.45) is 0 Å². The molecule has 6 nitrogen and oxygen atoms in total. The van der Waals surface area contributed by atoms with E-state index in [0.29, 0.717) is 42.1 Å². The maximum Gasteiger partial charge on any atom is 0.253 e. The van der Waals surface area contributed by atoms with E-state index < -0.39 is 10.0 Å². The lowest BCUT2D eigenvalue weighted by atomic mass is 10.0. The number of nitrogens with one attached hydrogen (secondary N) is 1. The van der Waals surface area contributed by atoms with E-state index in [1.165, 1.54) is 24.3 Å². The molecule has 3 rings (SSSR count). The maximum atomic E-state index is 12.5. The SMILES string of the molecule is N#Cc1ccc(C(=O)N2CCC(NS(=O)(=O)c3ccc(Cl)cc3)CC2)cc1. The number of likely N-dealkylation sites (tertiary alicyclic amines) is 1. The summed E-state index contributed by atoms with van der Waals surface area (Å²) in [6.45, 7) is 0.930. The van der Waals surface area contributed by atoms with Crippen LogP contribution in [0.3, 0.4) is 0 Å². The van der Waals surface area contributed by atoms with Crippen molar-refractivity contribution in [3.8, 4) is 6.07 Å². The van der Waals surface area contributed by atoms with E-state index in [0.717, 1.165) is 0 Å². The van der Waals surface area contributed by atoms with Gasteiger partial charge in [-0.05, 0) is 61.4 Å². The molecular formula is C19H18ClN3O3S. The Kier molecular flexibility index (Phi) is 5.80. The molecule has 1 heterocycles. The van der Waals surface area contributed by atoms with Crippen molar-refractivity contribution in [1.29, 1.82) is 5.26 Å². The fourth-order valence-corrected chi connectivity index (χ4v) is 4.40. The number of halogens is 1. The van der Waals surface area contributed by atoms with Gasteiger partial charge in [-0.25, -0.2) is 13.1 Å². The van der Waals surface area contributed by atoms with Crippen LogP contribution in [0.2, 0.25) is 5.02 Å². The minimum absolute atomic E-state index is 0.113. The summed E-state index contributed by atoms with van der Waals surface area (Å²) in [6.07, 6.45) is 1.07. The van der Waals surface area contributed by atoms with Gasteiger partial charge >= 0.3 is 0 Å². The molecule has 0 bridgehead atoms. The quantitative estimate of drug-likeness (QED) is 0.849. The van der Waals surface area contributed by atoms with Gasteiger partial charge in [0, 0.05) is 29.7 Å². The van der Waals surface area contributed by atoms with Crippen LogP contribution in [0.1, 0.15) is 28.8 Å². The molecule has 1 amide bonds. The van der Waals surface area contributed by atoms with Gasteiger partial charge in [0.15, 0.2) is 0 Å². The predicted molar refractivity (Wildman–Crippen MR) is 102 cm³/mol. The summed E-state index contributed by atoms with van der Waals surface area (Å²) < 4.78 is 27.6. The number of hydrogen-bond donors (Lipinski definition) is 1. The minimum Gasteiger partial charge on any atom is -0.339 e. The number of benzene rings is 2. The Labute approximate surface area is 163 Å². The van der Waals surface area contributed by atoms with Gasteiger partial charge in [0.05, 0.1) is 16.5 Å². The first-order chi connectivity index (χ1) is 12.9. The first-order valence-corrected chi connectivity index (χ1v) is 10.3. The maximum absolute atomic E-state index is 12.5. The Bertz CT molecular complexity index is 959. The Balaban J connectivity index is 1.59. The van der Waals surface area contributed by atoms with Gasteiger partial charge in [-0.3, -0.25) is 4.79 Å². The highest BCUT2D eigenvalue weighted by molar-refractivity contribution is 7.89. The Morgan fingerprint density at radius 2 is 1.67 bits per heavy atom. The van der Waals surface area contributed by atoms with E-state index in [1.807, 2.05) is 6.07 Å². The van der Waals surface area contributed by atoms with Crippen LogP contribution in [-0.2, 0) is 10.0 Å². The van der Waals surface area contributed by atoms with Crippen LogP contribution in [0.15, 0.2) is 53.4 Å². The van der Waals surface area contributed by atoms with E-state index >= 15 is 0 Å². The van der Waals surface area contributed by atoms with Gasteiger partial charge in [-0.1, -0.05) is 11.6 Å². The van der Waals surface area contributed by atoms with E-state index in [4.69, 9.17) is 16.9 Å². The number of carbonyl (C=O) groups is 1. The zero-order valence-electron chi connectivity index (χ0n) is 14.4. The third-order valence-electron chi connectivity index (χ3n) is 4.49. The molecule has 2 aromatic carbocycles. The van der Waals surface area contributed by atoms with E-state index in [-0.39, 0.29) is 16.8 Å². The van der Waals surface area contributed by atoms with Crippen LogP contribution in [0, 0.1) is 11.3 Å². The molecule has 0 radical (unpaired) electrons. The van der Waals surface area contributed by atoms with Crippen LogP contribution in [0.4, 0.5) is 0 Å². The molecule has 0 aliphatic carbocycles. The second-order valence-corrected chi connectivity index (χ2v) is 8.48. The first-order valence-electron chi connectivity index (χ1n) is 8.46. The molecule has 140 valence electrons. The third kappa shape index (κ3) is 4.66. The predicted octanol–water partition coefficient (Wildman–Crippen LogP) is 2.79. The number of hydrogen-bond acceptors (Lipinski definition) is 4. The molecule has 1 aliphatic heterocycles. The lowest BCUT2D eigenvalue weighted by Gasteiger charge is -2.32. The van der Waals surface area contributed by atoms with Gasteiger partial charge in [0.2, 0.25) is 10.0 Å². The van der Waals surface area contributed by atoms with Crippen molar-refractivity contribution in [2.45, 2.75) is 23.8 Å². The van der Waals surface area contributed by atoms with Gasteiger partial charge in [0.25, 0.3) is 5.91 Å². The number of sulfonamides is 1. The number of piperidine rings is 1. The smallest absolute Gasteiger partial charge is 0.253 e. The van der Waals surface area contributed by atoms with Crippen molar-refractivity contribution in [2.75, 3.05) is 13.1 Å². The highest BCUT2D eigenvalue weighted by atomic mass is 35.5. The topological polar surface area (TPSA) is 90.3 Å². The molecule has 0 saturated carbocycles. The molecule has 1 saturated heterocycles. The second-order valence-electron chi connectivity index (χ2n) is 6.33. The number of nitriles is 1. The third-order valence-corrected chi connectivity index (χ3v) is 6.28. The van der Waals surface area contributed by atoms with Crippen LogP contribution < -0.4 is 4.72 Å². The lowest BCUT2D eigenvalue weighted by Crippen LogP contribution is -2.46. The highest BCUT2D eigenvalue weighted by Crippen LogP contribution is 2.18.